The zero-order valence-corrected chi connectivity index (χ0v) is 8.66. The molecule has 2 rings (SSSR count). The van der Waals surface area contributed by atoms with Gasteiger partial charge in [0, 0.05) is 11.0 Å². The highest BCUT2D eigenvalue weighted by Gasteiger charge is 2.08. The molecule has 0 unspecified atom stereocenters. The zero-order valence-electron chi connectivity index (χ0n) is 7.77. The third-order valence-corrected chi connectivity index (χ3v) is 2.29. The van der Waals surface area contributed by atoms with Crippen LogP contribution in [0.1, 0.15) is 10.4 Å². The Morgan fingerprint density at radius 3 is 2.80 bits per heavy atom. The predicted molar refractivity (Wildman–Crippen MR) is 60.2 cm³/mol. The maximum atomic E-state index is 11.7. The van der Waals surface area contributed by atoms with Crippen LogP contribution in [0.4, 0.5) is 5.82 Å². The van der Waals surface area contributed by atoms with E-state index in [1.807, 2.05) is 6.07 Å². The van der Waals surface area contributed by atoms with Crippen LogP contribution >= 0.6 is 12.6 Å². The Kier molecular flexibility index (Phi) is 2.73. The van der Waals surface area contributed by atoms with Gasteiger partial charge in [-0.15, -0.1) is 12.6 Å². The average molecular weight is 219 g/mol. The van der Waals surface area contributed by atoms with Crippen molar-refractivity contribution < 1.29 is 4.79 Å². The van der Waals surface area contributed by atoms with Crippen LogP contribution in [0.25, 0.3) is 0 Å². The van der Waals surface area contributed by atoms with Crippen molar-refractivity contribution in [2.75, 3.05) is 5.32 Å². The van der Waals surface area contributed by atoms with Crippen molar-refractivity contribution in [3.8, 4) is 0 Å². The molecule has 2 aromatic rings. The monoisotopic (exact) mass is 219 g/mol. The van der Waals surface area contributed by atoms with Crippen LogP contribution in [0.15, 0.2) is 41.4 Å². The lowest BCUT2D eigenvalue weighted by Gasteiger charge is -2.04. The fraction of sp³-hybridized carbons (Fsp3) is 0. The van der Waals surface area contributed by atoms with Gasteiger partial charge in [-0.3, -0.25) is 9.89 Å². The molecule has 0 spiro atoms. The molecule has 0 aliphatic rings. The molecule has 0 aliphatic carbocycles. The van der Waals surface area contributed by atoms with Gasteiger partial charge in [-0.1, -0.05) is 12.1 Å². The Morgan fingerprint density at radius 1 is 1.33 bits per heavy atom. The molecule has 0 atom stereocenters. The number of benzene rings is 1. The number of thiol groups is 1. The van der Waals surface area contributed by atoms with Gasteiger partial charge < -0.3 is 5.32 Å². The molecule has 0 radical (unpaired) electrons. The number of anilines is 1. The number of hydrogen-bond donors (Lipinski definition) is 3. The molecule has 15 heavy (non-hydrogen) atoms. The number of nitrogens with zero attached hydrogens (tertiary/aromatic N) is 1. The number of rotatable bonds is 2. The Bertz CT molecular complexity index is 467. The first-order valence-corrected chi connectivity index (χ1v) is 4.81. The first-order valence-electron chi connectivity index (χ1n) is 4.36. The largest absolute Gasteiger partial charge is 0.307 e. The van der Waals surface area contributed by atoms with E-state index in [1.165, 1.54) is 0 Å². The second-order valence-corrected chi connectivity index (χ2v) is 3.42. The lowest BCUT2D eigenvalue weighted by molar-refractivity contribution is 0.102. The fourth-order valence-electron chi connectivity index (χ4n) is 1.18. The van der Waals surface area contributed by atoms with E-state index in [0.717, 1.165) is 0 Å². The summed E-state index contributed by atoms with van der Waals surface area (Å²) in [5, 5.41) is 9.06. The van der Waals surface area contributed by atoms with Crippen molar-refractivity contribution in [3.05, 3.63) is 42.1 Å². The molecule has 1 aromatic heterocycles. The molecule has 1 heterocycles. The van der Waals surface area contributed by atoms with Crippen LogP contribution in [-0.4, -0.2) is 16.1 Å². The van der Waals surface area contributed by atoms with Crippen molar-refractivity contribution in [2.45, 2.75) is 4.90 Å². The first-order chi connectivity index (χ1) is 7.27. The number of hydrogen-bond acceptors (Lipinski definition) is 3. The molecule has 1 amide bonds. The summed E-state index contributed by atoms with van der Waals surface area (Å²) in [6, 6.07) is 8.79. The number of carbonyl (C=O) groups is 1. The van der Waals surface area contributed by atoms with Gasteiger partial charge in [0.25, 0.3) is 5.91 Å². The maximum absolute atomic E-state index is 11.7. The Balaban J connectivity index is 2.19. The molecule has 0 fully saturated rings. The van der Waals surface area contributed by atoms with E-state index in [1.54, 1.807) is 30.5 Å². The molecule has 0 saturated carbocycles. The van der Waals surface area contributed by atoms with Gasteiger partial charge in [0.05, 0.1) is 11.8 Å². The van der Waals surface area contributed by atoms with Gasteiger partial charge in [0.2, 0.25) is 0 Å². The highest BCUT2D eigenvalue weighted by atomic mass is 32.1. The van der Waals surface area contributed by atoms with E-state index < -0.39 is 0 Å². The Labute approximate surface area is 92.1 Å². The molecule has 0 bridgehead atoms. The predicted octanol–water partition coefficient (Wildman–Crippen LogP) is 1.95. The Morgan fingerprint density at radius 2 is 2.13 bits per heavy atom. The van der Waals surface area contributed by atoms with Crippen LogP contribution in [0, 0.1) is 0 Å². The fourth-order valence-corrected chi connectivity index (χ4v) is 1.44. The SMILES string of the molecule is O=C(Nc1ccn[nH]1)c1ccccc1S. The highest BCUT2D eigenvalue weighted by molar-refractivity contribution is 7.80. The number of aromatic nitrogens is 2. The van der Waals surface area contributed by atoms with E-state index in [0.29, 0.717) is 16.3 Å². The number of carbonyl (C=O) groups excluding carboxylic acids is 1. The summed E-state index contributed by atoms with van der Waals surface area (Å²) >= 11 is 4.20. The van der Waals surface area contributed by atoms with Crippen molar-refractivity contribution >= 4 is 24.4 Å². The summed E-state index contributed by atoms with van der Waals surface area (Å²) in [7, 11) is 0. The summed E-state index contributed by atoms with van der Waals surface area (Å²) in [6.07, 6.45) is 1.57. The molecule has 76 valence electrons. The second-order valence-electron chi connectivity index (χ2n) is 2.94. The molecule has 4 nitrogen and oxygen atoms in total. The van der Waals surface area contributed by atoms with Crippen LogP contribution < -0.4 is 5.32 Å². The number of amides is 1. The minimum Gasteiger partial charge on any atom is -0.307 e. The summed E-state index contributed by atoms with van der Waals surface area (Å²) in [6.45, 7) is 0. The topological polar surface area (TPSA) is 57.8 Å². The smallest absolute Gasteiger partial charge is 0.257 e. The minimum atomic E-state index is -0.204. The molecular formula is C10H9N3OS. The first kappa shape index (κ1) is 9.79. The molecule has 0 saturated heterocycles. The quantitative estimate of drug-likeness (QED) is 0.676. The molecule has 2 N–H and O–H groups in total. The van der Waals surface area contributed by atoms with Crippen molar-refractivity contribution in [3.63, 3.8) is 0 Å². The van der Waals surface area contributed by atoms with Crippen molar-refractivity contribution in [1.29, 1.82) is 0 Å². The van der Waals surface area contributed by atoms with E-state index in [9.17, 15) is 4.79 Å². The normalized spacial score (nSPS) is 9.93. The standard InChI is InChI=1S/C10H9N3OS/c14-10(12-9-5-6-11-13-9)7-3-1-2-4-8(7)15/h1-6,15H,(H2,11,12,13,14). The van der Waals surface area contributed by atoms with E-state index in [2.05, 4.69) is 28.1 Å². The maximum Gasteiger partial charge on any atom is 0.257 e. The van der Waals surface area contributed by atoms with Gasteiger partial charge in [-0.25, -0.2) is 0 Å². The minimum absolute atomic E-state index is 0.204. The zero-order chi connectivity index (χ0) is 10.7. The lowest BCUT2D eigenvalue weighted by atomic mass is 10.2. The van der Waals surface area contributed by atoms with Crippen LogP contribution in [0.5, 0.6) is 0 Å². The van der Waals surface area contributed by atoms with Gasteiger partial charge in [0.15, 0.2) is 0 Å². The number of aromatic amines is 1. The molecular weight excluding hydrogens is 210 g/mol. The van der Waals surface area contributed by atoms with Gasteiger partial charge in [-0.05, 0) is 12.1 Å². The van der Waals surface area contributed by atoms with Crippen molar-refractivity contribution in [1.82, 2.24) is 10.2 Å². The third-order valence-electron chi connectivity index (χ3n) is 1.90. The summed E-state index contributed by atoms with van der Waals surface area (Å²) in [4.78, 5) is 12.4. The highest BCUT2D eigenvalue weighted by Crippen LogP contribution is 2.14. The van der Waals surface area contributed by atoms with Crippen LogP contribution in [0.2, 0.25) is 0 Å². The number of nitrogens with one attached hydrogen (secondary N) is 2. The van der Waals surface area contributed by atoms with E-state index in [4.69, 9.17) is 0 Å². The third kappa shape index (κ3) is 2.19. The molecule has 0 aliphatic heterocycles. The van der Waals surface area contributed by atoms with Crippen LogP contribution in [0.3, 0.4) is 0 Å². The lowest BCUT2D eigenvalue weighted by Crippen LogP contribution is -2.12. The van der Waals surface area contributed by atoms with E-state index in [-0.39, 0.29) is 5.91 Å². The van der Waals surface area contributed by atoms with Gasteiger partial charge >= 0.3 is 0 Å². The van der Waals surface area contributed by atoms with Crippen LogP contribution in [-0.2, 0) is 0 Å². The molecule has 1 aromatic carbocycles. The average Bonchev–Trinajstić information content (AvgIpc) is 2.71. The number of H-pyrrole nitrogens is 1. The van der Waals surface area contributed by atoms with E-state index >= 15 is 0 Å². The summed E-state index contributed by atoms with van der Waals surface area (Å²) in [5.74, 6) is 0.362. The summed E-state index contributed by atoms with van der Waals surface area (Å²) < 4.78 is 0. The Hall–Kier alpha value is -1.75. The second kappa shape index (κ2) is 4.18. The van der Waals surface area contributed by atoms with Crippen molar-refractivity contribution in [2.24, 2.45) is 0 Å². The van der Waals surface area contributed by atoms with Gasteiger partial charge in [-0.2, -0.15) is 5.10 Å². The molecule has 5 heteroatoms. The summed E-state index contributed by atoms with van der Waals surface area (Å²) in [5.41, 5.74) is 0.537. The van der Waals surface area contributed by atoms with Gasteiger partial charge in [0.1, 0.15) is 5.82 Å².